The van der Waals surface area contributed by atoms with Gasteiger partial charge in [-0.15, -0.1) is 0 Å². The number of fused-ring (bicyclic) bond motifs is 2. The highest BCUT2D eigenvalue weighted by molar-refractivity contribution is 6.25. The van der Waals surface area contributed by atoms with Gasteiger partial charge in [0.1, 0.15) is 18.2 Å². The molecule has 0 radical (unpaired) electrons. The van der Waals surface area contributed by atoms with Crippen LogP contribution in [0.1, 0.15) is 15.9 Å². The summed E-state index contributed by atoms with van der Waals surface area (Å²) in [5.74, 6) is 1.74. The first-order chi connectivity index (χ1) is 12.3. The lowest BCUT2D eigenvalue weighted by Gasteiger charge is -2.34. The zero-order valence-corrected chi connectivity index (χ0v) is 13.8. The van der Waals surface area contributed by atoms with E-state index in [1.807, 2.05) is 29.2 Å². The van der Waals surface area contributed by atoms with E-state index < -0.39 is 0 Å². The highest BCUT2D eigenvalue weighted by atomic mass is 16.5. The van der Waals surface area contributed by atoms with Gasteiger partial charge in [-0.1, -0.05) is 18.2 Å². The zero-order valence-electron chi connectivity index (χ0n) is 13.8. The second-order valence-electron chi connectivity index (χ2n) is 6.53. The Labute approximate surface area is 145 Å². The van der Waals surface area contributed by atoms with E-state index in [2.05, 4.69) is 22.2 Å². The average molecular weight is 334 g/mol. The van der Waals surface area contributed by atoms with Crippen molar-refractivity contribution in [1.29, 1.82) is 0 Å². The first-order valence-corrected chi connectivity index (χ1v) is 8.57. The monoisotopic (exact) mass is 334 g/mol. The molecule has 0 atom stereocenters. The molecule has 4 aliphatic heterocycles. The van der Waals surface area contributed by atoms with E-state index in [4.69, 9.17) is 9.73 Å². The molecule has 126 valence electrons. The summed E-state index contributed by atoms with van der Waals surface area (Å²) in [6.07, 6.45) is 6.25. The number of hydrogen-bond acceptors (Lipinski definition) is 6. The third kappa shape index (κ3) is 2.45. The highest BCUT2D eigenvalue weighted by Crippen LogP contribution is 2.33. The van der Waals surface area contributed by atoms with Gasteiger partial charge in [0.25, 0.3) is 0 Å². The standard InChI is InChI=1S/C19H18N4O2/c24-16-10-20-19-18-14(16)2-1-3-15(18)21-17-5-4-13(12-23(17)19)11-22-6-8-25-9-7-22/h1-5,12H,6-11H2. The molecular formula is C19H18N4O2. The Bertz CT molecular complexity index is 875. The lowest BCUT2D eigenvalue weighted by Crippen LogP contribution is -2.41. The number of nitrogens with zero attached hydrogens (tertiary/aromatic N) is 4. The van der Waals surface area contributed by atoms with Crippen LogP contribution in [0.25, 0.3) is 0 Å². The van der Waals surface area contributed by atoms with Gasteiger partial charge in [0, 0.05) is 31.4 Å². The molecule has 6 heteroatoms. The molecule has 1 aromatic rings. The molecule has 0 unspecified atom stereocenters. The molecule has 1 saturated heterocycles. The number of carbonyl (C=O) groups is 1. The molecule has 5 rings (SSSR count). The molecule has 1 fully saturated rings. The Morgan fingerprint density at radius 2 is 2.04 bits per heavy atom. The van der Waals surface area contributed by atoms with Gasteiger partial charge in [0.05, 0.1) is 24.5 Å². The Kier molecular flexibility index (Phi) is 3.39. The lowest BCUT2D eigenvalue weighted by atomic mass is 9.95. The molecular weight excluding hydrogens is 316 g/mol. The molecule has 0 aromatic heterocycles. The van der Waals surface area contributed by atoms with Crippen molar-refractivity contribution in [3.8, 4) is 0 Å². The van der Waals surface area contributed by atoms with E-state index in [1.54, 1.807) is 0 Å². The molecule has 4 heterocycles. The summed E-state index contributed by atoms with van der Waals surface area (Å²) in [7, 11) is 0. The predicted octanol–water partition coefficient (Wildman–Crippen LogP) is 1.76. The van der Waals surface area contributed by atoms with E-state index >= 15 is 0 Å². The fraction of sp³-hybridized carbons (Fsp3) is 0.316. The Hall–Kier alpha value is -2.57. The van der Waals surface area contributed by atoms with Crippen LogP contribution in [0, 0.1) is 0 Å². The van der Waals surface area contributed by atoms with Crippen molar-refractivity contribution in [2.45, 2.75) is 0 Å². The molecule has 0 saturated carbocycles. The maximum atomic E-state index is 12.2. The number of rotatable bonds is 2. The Morgan fingerprint density at radius 1 is 1.16 bits per heavy atom. The van der Waals surface area contributed by atoms with Crippen LogP contribution in [-0.4, -0.2) is 66.6 Å². The van der Waals surface area contributed by atoms with Gasteiger partial charge in [-0.25, -0.2) is 4.99 Å². The van der Waals surface area contributed by atoms with E-state index in [-0.39, 0.29) is 12.3 Å². The van der Waals surface area contributed by atoms with E-state index in [0.717, 1.165) is 61.3 Å². The van der Waals surface area contributed by atoms with Crippen LogP contribution in [0.5, 0.6) is 0 Å². The topological polar surface area (TPSA) is 57.5 Å². The van der Waals surface area contributed by atoms with E-state index in [1.165, 1.54) is 5.57 Å². The summed E-state index contributed by atoms with van der Waals surface area (Å²) in [5.41, 5.74) is 3.62. The quantitative estimate of drug-likeness (QED) is 0.827. The number of aliphatic imine (C=N–C) groups is 2. The number of ketones is 1. The average Bonchev–Trinajstić information content (AvgIpc) is 2.65. The lowest BCUT2D eigenvalue weighted by molar-refractivity contribution is 0.0425. The summed E-state index contributed by atoms with van der Waals surface area (Å²) in [6, 6.07) is 5.70. The van der Waals surface area contributed by atoms with Gasteiger partial charge in [0.2, 0.25) is 0 Å². The zero-order chi connectivity index (χ0) is 16.8. The fourth-order valence-corrected chi connectivity index (χ4v) is 3.64. The number of amidine groups is 2. The Balaban J connectivity index is 1.51. The summed E-state index contributed by atoms with van der Waals surface area (Å²) in [4.78, 5) is 25.9. The number of Topliss-reactive ketones (excluding diaryl/α,β-unsaturated/α-hetero) is 1. The smallest absolute Gasteiger partial charge is 0.185 e. The predicted molar refractivity (Wildman–Crippen MR) is 95.6 cm³/mol. The van der Waals surface area contributed by atoms with Crippen molar-refractivity contribution < 1.29 is 9.53 Å². The molecule has 0 aliphatic carbocycles. The molecule has 0 bridgehead atoms. The maximum Gasteiger partial charge on any atom is 0.185 e. The Morgan fingerprint density at radius 3 is 2.92 bits per heavy atom. The second kappa shape index (κ2) is 5.75. The SMILES string of the molecule is O=C1CN=C2c3c(cccc31)N=C1C=CC(CN3CCOCC3)=CN12. The van der Waals surface area contributed by atoms with Crippen molar-refractivity contribution in [2.75, 3.05) is 39.4 Å². The number of hydrogen-bond donors (Lipinski definition) is 0. The largest absolute Gasteiger partial charge is 0.379 e. The van der Waals surface area contributed by atoms with Gasteiger partial charge in [-0.2, -0.15) is 0 Å². The van der Waals surface area contributed by atoms with Crippen LogP contribution in [0.3, 0.4) is 0 Å². The van der Waals surface area contributed by atoms with E-state index in [9.17, 15) is 4.79 Å². The third-order valence-corrected chi connectivity index (χ3v) is 4.90. The highest BCUT2D eigenvalue weighted by Gasteiger charge is 2.32. The van der Waals surface area contributed by atoms with Gasteiger partial charge < -0.3 is 4.74 Å². The molecule has 25 heavy (non-hydrogen) atoms. The molecule has 1 aromatic carbocycles. The fourth-order valence-electron chi connectivity index (χ4n) is 3.64. The van der Waals surface area contributed by atoms with Crippen LogP contribution in [-0.2, 0) is 4.74 Å². The second-order valence-corrected chi connectivity index (χ2v) is 6.53. The van der Waals surface area contributed by atoms with Crippen LogP contribution >= 0.6 is 0 Å². The van der Waals surface area contributed by atoms with Crippen molar-refractivity contribution in [1.82, 2.24) is 9.80 Å². The van der Waals surface area contributed by atoms with Gasteiger partial charge >= 0.3 is 0 Å². The van der Waals surface area contributed by atoms with Crippen LogP contribution in [0.4, 0.5) is 5.69 Å². The van der Waals surface area contributed by atoms with Gasteiger partial charge in [-0.3, -0.25) is 19.6 Å². The summed E-state index contributed by atoms with van der Waals surface area (Å²) in [6.45, 7) is 4.57. The molecule has 0 amide bonds. The van der Waals surface area contributed by atoms with Gasteiger partial charge in [0.15, 0.2) is 5.78 Å². The minimum atomic E-state index is 0.0596. The van der Waals surface area contributed by atoms with E-state index in [0.29, 0.717) is 0 Å². The van der Waals surface area contributed by atoms with Crippen molar-refractivity contribution in [3.05, 3.63) is 53.3 Å². The number of morpholine rings is 1. The number of benzene rings is 1. The van der Waals surface area contributed by atoms with Gasteiger partial charge in [-0.05, 0) is 17.7 Å². The minimum absolute atomic E-state index is 0.0596. The first kappa shape index (κ1) is 14.7. The molecule has 0 N–H and O–H groups in total. The minimum Gasteiger partial charge on any atom is -0.379 e. The molecule has 6 nitrogen and oxygen atoms in total. The number of ether oxygens (including phenoxy) is 1. The molecule has 4 aliphatic rings. The van der Waals surface area contributed by atoms with Crippen molar-refractivity contribution in [2.24, 2.45) is 9.98 Å². The van der Waals surface area contributed by atoms with Crippen molar-refractivity contribution in [3.63, 3.8) is 0 Å². The summed E-state index contributed by atoms with van der Waals surface area (Å²) < 4.78 is 5.42. The maximum absolute atomic E-state index is 12.2. The normalized spacial score (nSPS) is 22.0. The molecule has 0 spiro atoms. The van der Waals surface area contributed by atoms with Crippen LogP contribution < -0.4 is 0 Å². The number of carbonyl (C=O) groups excluding carboxylic acids is 1. The summed E-state index contributed by atoms with van der Waals surface area (Å²) >= 11 is 0. The van der Waals surface area contributed by atoms with Crippen LogP contribution in [0.2, 0.25) is 0 Å². The third-order valence-electron chi connectivity index (χ3n) is 4.90. The summed E-state index contributed by atoms with van der Waals surface area (Å²) in [5, 5.41) is 0. The van der Waals surface area contributed by atoms with Crippen molar-refractivity contribution >= 4 is 23.1 Å². The first-order valence-electron chi connectivity index (χ1n) is 8.57. The van der Waals surface area contributed by atoms with Crippen LogP contribution in [0.15, 0.2) is 52.1 Å².